The van der Waals surface area contributed by atoms with Gasteiger partial charge in [-0.1, -0.05) is 5.21 Å². The molecule has 0 aliphatic heterocycles. The van der Waals surface area contributed by atoms with Gasteiger partial charge in [0.2, 0.25) is 11.8 Å². The van der Waals surface area contributed by atoms with Crippen molar-refractivity contribution in [3.8, 4) is 5.88 Å². The molecule has 2 rings (SSSR count). The second-order valence-electron chi connectivity index (χ2n) is 3.70. The van der Waals surface area contributed by atoms with Crippen LogP contribution in [0.5, 0.6) is 5.88 Å². The van der Waals surface area contributed by atoms with Crippen molar-refractivity contribution in [1.82, 2.24) is 25.0 Å². The summed E-state index contributed by atoms with van der Waals surface area (Å²) in [5.41, 5.74) is 0.872. The molecule has 0 saturated heterocycles. The van der Waals surface area contributed by atoms with Crippen molar-refractivity contribution in [2.24, 2.45) is 0 Å². The lowest BCUT2D eigenvalue weighted by Crippen LogP contribution is -2.13. The first-order valence-electron chi connectivity index (χ1n) is 5.84. The average Bonchev–Trinajstić information content (AvgIpc) is 2.82. The maximum Gasteiger partial charge on any atom is 0.226 e. The zero-order chi connectivity index (χ0) is 12.8. The first kappa shape index (κ1) is 12.3. The maximum absolute atomic E-state index is 5.36. The number of anilines is 1. The van der Waals surface area contributed by atoms with Crippen molar-refractivity contribution in [1.29, 1.82) is 0 Å². The fraction of sp³-hybridized carbons (Fsp3) is 0.455. The minimum atomic E-state index is 0.568. The van der Waals surface area contributed by atoms with Gasteiger partial charge in [-0.25, -0.2) is 4.98 Å². The van der Waals surface area contributed by atoms with Gasteiger partial charge in [-0.05, 0) is 13.8 Å². The van der Waals surface area contributed by atoms with Crippen LogP contribution in [-0.2, 0) is 6.54 Å². The molecule has 0 amide bonds. The molecule has 2 aromatic heterocycles. The second-order valence-corrected chi connectivity index (χ2v) is 3.70. The van der Waals surface area contributed by atoms with Gasteiger partial charge in [0.25, 0.3) is 0 Å². The van der Waals surface area contributed by atoms with Crippen LogP contribution in [0.3, 0.4) is 0 Å². The van der Waals surface area contributed by atoms with E-state index in [0.29, 0.717) is 31.5 Å². The third-order valence-electron chi connectivity index (χ3n) is 2.22. The highest BCUT2D eigenvalue weighted by molar-refractivity contribution is 5.30. The first-order chi connectivity index (χ1) is 8.78. The van der Waals surface area contributed by atoms with Crippen LogP contribution in [0.4, 0.5) is 5.95 Å². The smallest absolute Gasteiger partial charge is 0.226 e. The van der Waals surface area contributed by atoms with E-state index in [-0.39, 0.29) is 0 Å². The lowest BCUT2D eigenvalue weighted by molar-refractivity contribution is 0.326. The molecule has 18 heavy (non-hydrogen) atoms. The van der Waals surface area contributed by atoms with Gasteiger partial charge in [-0.3, -0.25) is 4.68 Å². The molecular weight excluding hydrogens is 232 g/mol. The van der Waals surface area contributed by atoms with E-state index < -0.39 is 0 Å². The van der Waals surface area contributed by atoms with Crippen molar-refractivity contribution < 1.29 is 4.74 Å². The molecule has 0 aliphatic rings. The lowest BCUT2D eigenvalue weighted by atomic mass is 10.4. The maximum atomic E-state index is 5.36. The number of aromatic nitrogens is 5. The summed E-state index contributed by atoms with van der Waals surface area (Å²) in [4.78, 5) is 8.54. The van der Waals surface area contributed by atoms with Crippen LogP contribution in [0, 0.1) is 6.92 Å². The molecule has 0 aliphatic carbocycles. The van der Waals surface area contributed by atoms with Crippen molar-refractivity contribution in [2.75, 3.05) is 18.5 Å². The van der Waals surface area contributed by atoms with Gasteiger partial charge in [0, 0.05) is 24.5 Å². The number of hydrogen-bond acceptors (Lipinski definition) is 6. The molecule has 0 spiro atoms. The van der Waals surface area contributed by atoms with Gasteiger partial charge in [0.15, 0.2) is 0 Å². The van der Waals surface area contributed by atoms with Gasteiger partial charge in [0.05, 0.1) is 19.3 Å². The minimum absolute atomic E-state index is 0.568. The molecule has 0 bridgehead atoms. The SMILES string of the molecule is CCOc1cc(C)nc(NCCn2ccnn2)n1. The standard InChI is InChI=1S/C11H16N6O/c1-3-18-10-8-9(2)14-11(15-10)12-4-6-17-7-5-13-16-17/h5,7-8H,3-4,6H2,1-2H3,(H,12,14,15). The van der Waals surface area contributed by atoms with E-state index in [9.17, 15) is 0 Å². The van der Waals surface area contributed by atoms with Crippen molar-refractivity contribution in [2.45, 2.75) is 20.4 Å². The normalized spacial score (nSPS) is 10.3. The summed E-state index contributed by atoms with van der Waals surface area (Å²) >= 11 is 0. The zero-order valence-corrected chi connectivity index (χ0v) is 10.5. The van der Waals surface area contributed by atoms with Crippen LogP contribution in [0.25, 0.3) is 0 Å². The quantitative estimate of drug-likeness (QED) is 0.818. The third kappa shape index (κ3) is 3.41. The van der Waals surface area contributed by atoms with Gasteiger partial charge in [0.1, 0.15) is 0 Å². The highest BCUT2D eigenvalue weighted by Gasteiger charge is 2.02. The Morgan fingerprint density at radius 1 is 1.39 bits per heavy atom. The largest absolute Gasteiger partial charge is 0.478 e. The van der Waals surface area contributed by atoms with E-state index in [4.69, 9.17) is 4.74 Å². The lowest BCUT2D eigenvalue weighted by Gasteiger charge is -2.08. The summed E-state index contributed by atoms with van der Waals surface area (Å²) in [6, 6.07) is 1.81. The second kappa shape index (κ2) is 5.95. The molecule has 96 valence electrons. The number of aryl methyl sites for hydroxylation is 1. The molecule has 2 heterocycles. The fourth-order valence-electron chi connectivity index (χ4n) is 1.47. The Kier molecular flexibility index (Phi) is 4.06. The number of nitrogens with zero attached hydrogens (tertiary/aromatic N) is 5. The van der Waals surface area contributed by atoms with Crippen LogP contribution in [-0.4, -0.2) is 38.1 Å². The molecule has 0 atom stereocenters. The molecule has 0 aromatic carbocycles. The highest BCUT2D eigenvalue weighted by Crippen LogP contribution is 2.11. The van der Waals surface area contributed by atoms with Crippen LogP contribution >= 0.6 is 0 Å². The van der Waals surface area contributed by atoms with Gasteiger partial charge < -0.3 is 10.1 Å². The monoisotopic (exact) mass is 248 g/mol. The molecular formula is C11H16N6O. The van der Waals surface area contributed by atoms with Crippen molar-refractivity contribution in [3.63, 3.8) is 0 Å². The minimum Gasteiger partial charge on any atom is -0.478 e. The summed E-state index contributed by atoms with van der Waals surface area (Å²) in [5.74, 6) is 1.16. The molecule has 7 heteroatoms. The molecule has 1 N–H and O–H groups in total. The summed E-state index contributed by atoms with van der Waals surface area (Å²) in [6.45, 7) is 5.82. The molecule has 0 fully saturated rings. The topological polar surface area (TPSA) is 77.8 Å². The Bertz CT molecular complexity index is 484. The Morgan fingerprint density at radius 3 is 3.00 bits per heavy atom. The Balaban J connectivity index is 1.92. The van der Waals surface area contributed by atoms with E-state index in [1.165, 1.54) is 0 Å². The Labute approximate surface area is 105 Å². The highest BCUT2D eigenvalue weighted by atomic mass is 16.5. The third-order valence-corrected chi connectivity index (χ3v) is 2.22. The van der Waals surface area contributed by atoms with Crippen molar-refractivity contribution in [3.05, 3.63) is 24.2 Å². The van der Waals surface area contributed by atoms with Gasteiger partial charge in [-0.2, -0.15) is 4.98 Å². The predicted molar refractivity (Wildman–Crippen MR) is 66.4 cm³/mol. The predicted octanol–water partition coefficient (Wildman–Crippen LogP) is 0.887. The van der Waals surface area contributed by atoms with Crippen LogP contribution in [0.15, 0.2) is 18.5 Å². The summed E-state index contributed by atoms with van der Waals surface area (Å²) in [6.07, 6.45) is 3.46. The summed E-state index contributed by atoms with van der Waals surface area (Å²) in [7, 11) is 0. The van der Waals surface area contributed by atoms with Gasteiger partial charge in [-0.15, -0.1) is 5.10 Å². The number of rotatable bonds is 6. The van der Waals surface area contributed by atoms with E-state index in [1.54, 1.807) is 10.9 Å². The first-order valence-corrected chi connectivity index (χ1v) is 5.84. The molecule has 0 saturated carbocycles. The summed E-state index contributed by atoms with van der Waals surface area (Å²) in [5, 5.41) is 10.7. The number of hydrogen-bond donors (Lipinski definition) is 1. The average molecular weight is 248 g/mol. The van der Waals surface area contributed by atoms with Gasteiger partial charge >= 0.3 is 0 Å². The van der Waals surface area contributed by atoms with E-state index in [2.05, 4.69) is 25.6 Å². The zero-order valence-electron chi connectivity index (χ0n) is 10.5. The van der Waals surface area contributed by atoms with E-state index >= 15 is 0 Å². The molecule has 7 nitrogen and oxygen atoms in total. The molecule has 0 unspecified atom stereocenters. The summed E-state index contributed by atoms with van der Waals surface area (Å²) < 4.78 is 7.10. The van der Waals surface area contributed by atoms with Crippen LogP contribution in [0.1, 0.15) is 12.6 Å². The van der Waals surface area contributed by atoms with Crippen LogP contribution in [0.2, 0.25) is 0 Å². The fourth-order valence-corrected chi connectivity index (χ4v) is 1.47. The Morgan fingerprint density at radius 2 is 2.28 bits per heavy atom. The van der Waals surface area contributed by atoms with Crippen molar-refractivity contribution >= 4 is 5.95 Å². The molecule has 0 radical (unpaired) electrons. The molecule has 2 aromatic rings. The number of nitrogens with one attached hydrogen (secondary N) is 1. The number of ether oxygens (including phenoxy) is 1. The van der Waals surface area contributed by atoms with Crippen LogP contribution < -0.4 is 10.1 Å². The van der Waals surface area contributed by atoms with E-state index in [1.807, 2.05) is 26.1 Å². The van der Waals surface area contributed by atoms with E-state index in [0.717, 1.165) is 5.69 Å². The Hall–Kier alpha value is -2.18.